The van der Waals surface area contributed by atoms with E-state index in [0.717, 1.165) is 39.0 Å². The first-order valence-corrected chi connectivity index (χ1v) is 8.99. The van der Waals surface area contributed by atoms with Gasteiger partial charge in [-0.05, 0) is 36.1 Å². The van der Waals surface area contributed by atoms with Gasteiger partial charge in [0.1, 0.15) is 5.75 Å². The summed E-state index contributed by atoms with van der Waals surface area (Å²) in [6.07, 6.45) is 2.15. The Labute approximate surface area is 149 Å². The molecule has 0 bridgehead atoms. The third-order valence-electron chi connectivity index (χ3n) is 5.46. The minimum atomic E-state index is 0.0809. The van der Waals surface area contributed by atoms with Crippen molar-refractivity contribution in [2.45, 2.75) is 25.4 Å². The summed E-state index contributed by atoms with van der Waals surface area (Å²) in [7, 11) is 1.62. The Hall–Kier alpha value is -2.33. The molecule has 0 radical (unpaired) electrons. The molecular formula is C21H24N2O2. The van der Waals surface area contributed by atoms with Crippen LogP contribution in [-0.2, 0) is 13.0 Å². The van der Waals surface area contributed by atoms with Gasteiger partial charge in [-0.25, -0.2) is 0 Å². The van der Waals surface area contributed by atoms with E-state index >= 15 is 0 Å². The molecule has 2 aliphatic heterocycles. The second-order valence-corrected chi connectivity index (χ2v) is 6.88. The lowest BCUT2D eigenvalue weighted by atomic mass is 9.98. The van der Waals surface area contributed by atoms with Gasteiger partial charge in [0.05, 0.1) is 12.7 Å². The van der Waals surface area contributed by atoms with E-state index in [-0.39, 0.29) is 5.91 Å². The van der Waals surface area contributed by atoms with Gasteiger partial charge in [-0.1, -0.05) is 36.4 Å². The van der Waals surface area contributed by atoms with Gasteiger partial charge in [-0.2, -0.15) is 0 Å². The van der Waals surface area contributed by atoms with Crippen molar-refractivity contribution in [2.24, 2.45) is 0 Å². The van der Waals surface area contributed by atoms with Gasteiger partial charge in [-0.15, -0.1) is 0 Å². The highest BCUT2D eigenvalue weighted by Gasteiger charge is 2.33. The minimum Gasteiger partial charge on any atom is -0.496 e. The Balaban J connectivity index is 1.44. The quantitative estimate of drug-likeness (QED) is 0.864. The zero-order valence-electron chi connectivity index (χ0n) is 14.6. The number of carbonyl (C=O) groups excluding carboxylic acids is 1. The van der Waals surface area contributed by atoms with E-state index in [9.17, 15) is 4.79 Å². The van der Waals surface area contributed by atoms with Crippen LogP contribution in [0.25, 0.3) is 0 Å². The monoisotopic (exact) mass is 336 g/mol. The smallest absolute Gasteiger partial charge is 0.257 e. The summed E-state index contributed by atoms with van der Waals surface area (Å²) in [5.41, 5.74) is 3.57. The Morgan fingerprint density at radius 2 is 1.80 bits per heavy atom. The minimum absolute atomic E-state index is 0.0809. The molecule has 1 saturated heterocycles. The van der Waals surface area contributed by atoms with Crippen molar-refractivity contribution in [3.8, 4) is 5.75 Å². The fourth-order valence-corrected chi connectivity index (χ4v) is 4.05. The molecule has 0 aliphatic carbocycles. The Morgan fingerprint density at radius 3 is 2.64 bits per heavy atom. The molecule has 2 aromatic carbocycles. The van der Waals surface area contributed by atoms with Gasteiger partial charge in [0, 0.05) is 32.2 Å². The van der Waals surface area contributed by atoms with Crippen LogP contribution in [0.2, 0.25) is 0 Å². The third-order valence-corrected chi connectivity index (χ3v) is 5.46. The summed E-state index contributed by atoms with van der Waals surface area (Å²) >= 11 is 0. The van der Waals surface area contributed by atoms with Gasteiger partial charge < -0.3 is 9.64 Å². The maximum Gasteiger partial charge on any atom is 0.257 e. The number of ether oxygens (including phenoxy) is 1. The highest BCUT2D eigenvalue weighted by Crippen LogP contribution is 2.26. The maximum atomic E-state index is 12.9. The molecule has 0 aromatic heterocycles. The van der Waals surface area contributed by atoms with E-state index in [1.165, 1.54) is 11.1 Å². The van der Waals surface area contributed by atoms with E-state index in [0.29, 0.717) is 17.4 Å². The predicted molar refractivity (Wildman–Crippen MR) is 97.9 cm³/mol. The number of carbonyl (C=O) groups is 1. The molecule has 0 saturated carbocycles. The standard InChI is InChI=1S/C21H24N2O2/c1-25-20-9-5-4-8-19(20)21(24)23-13-11-18(15-23)22-12-10-16-6-2-3-7-17(16)14-22/h2-9,18H,10-15H2,1H3. The molecule has 2 heterocycles. The molecular weight excluding hydrogens is 312 g/mol. The lowest BCUT2D eigenvalue weighted by molar-refractivity contribution is 0.0770. The third kappa shape index (κ3) is 3.14. The summed E-state index contributed by atoms with van der Waals surface area (Å²) in [5, 5.41) is 0. The number of likely N-dealkylation sites (tertiary alicyclic amines) is 1. The number of amides is 1. The fraction of sp³-hybridized carbons (Fsp3) is 0.381. The van der Waals surface area contributed by atoms with Crippen LogP contribution in [0, 0.1) is 0 Å². The largest absolute Gasteiger partial charge is 0.496 e. The Kier molecular flexibility index (Phi) is 4.45. The number of para-hydroxylation sites is 1. The number of hydrogen-bond acceptors (Lipinski definition) is 3. The zero-order valence-corrected chi connectivity index (χ0v) is 14.6. The van der Waals surface area contributed by atoms with Crippen LogP contribution < -0.4 is 4.74 Å². The summed E-state index contributed by atoms with van der Waals surface area (Å²) in [6.45, 7) is 3.70. The SMILES string of the molecule is COc1ccccc1C(=O)N1CCC(N2CCc3ccccc3C2)C1. The van der Waals surface area contributed by atoms with Crippen molar-refractivity contribution in [2.75, 3.05) is 26.7 Å². The summed E-state index contributed by atoms with van der Waals surface area (Å²) in [6, 6.07) is 16.7. The molecule has 1 atom stereocenters. The molecule has 4 heteroatoms. The van der Waals surface area contributed by atoms with Crippen molar-refractivity contribution in [1.82, 2.24) is 9.80 Å². The number of methoxy groups -OCH3 is 1. The molecule has 1 amide bonds. The fourth-order valence-electron chi connectivity index (χ4n) is 4.05. The average molecular weight is 336 g/mol. The molecule has 130 valence electrons. The van der Waals surface area contributed by atoms with Crippen LogP contribution in [0.1, 0.15) is 27.9 Å². The van der Waals surface area contributed by atoms with Gasteiger partial charge >= 0.3 is 0 Å². The second-order valence-electron chi connectivity index (χ2n) is 6.88. The van der Waals surface area contributed by atoms with Crippen LogP contribution in [0.3, 0.4) is 0 Å². The van der Waals surface area contributed by atoms with Crippen LogP contribution in [-0.4, -0.2) is 48.5 Å². The Morgan fingerprint density at radius 1 is 1.04 bits per heavy atom. The normalized spacial score (nSPS) is 20.4. The molecule has 2 aliphatic rings. The molecule has 0 spiro atoms. The summed E-state index contributed by atoms with van der Waals surface area (Å²) in [5.74, 6) is 0.736. The van der Waals surface area contributed by atoms with Crippen molar-refractivity contribution < 1.29 is 9.53 Å². The number of benzene rings is 2. The van der Waals surface area contributed by atoms with E-state index in [1.807, 2.05) is 29.2 Å². The van der Waals surface area contributed by atoms with Crippen LogP contribution in [0.15, 0.2) is 48.5 Å². The number of rotatable bonds is 3. The first-order valence-electron chi connectivity index (χ1n) is 8.99. The van der Waals surface area contributed by atoms with E-state index in [1.54, 1.807) is 7.11 Å². The molecule has 1 fully saturated rings. The number of fused-ring (bicyclic) bond motifs is 1. The zero-order chi connectivity index (χ0) is 17.2. The summed E-state index contributed by atoms with van der Waals surface area (Å²) in [4.78, 5) is 17.4. The van der Waals surface area contributed by atoms with E-state index in [2.05, 4.69) is 29.2 Å². The van der Waals surface area contributed by atoms with Crippen molar-refractivity contribution in [1.29, 1.82) is 0 Å². The van der Waals surface area contributed by atoms with Gasteiger partial charge in [-0.3, -0.25) is 9.69 Å². The van der Waals surface area contributed by atoms with Crippen LogP contribution >= 0.6 is 0 Å². The molecule has 4 rings (SSSR count). The van der Waals surface area contributed by atoms with Crippen molar-refractivity contribution in [3.05, 3.63) is 65.2 Å². The average Bonchev–Trinajstić information content (AvgIpc) is 3.17. The molecule has 25 heavy (non-hydrogen) atoms. The van der Waals surface area contributed by atoms with Gasteiger partial charge in [0.2, 0.25) is 0 Å². The van der Waals surface area contributed by atoms with Crippen molar-refractivity contribution >= 4 is 5.91 Å². The first kappa shape index (κ1) is 16.2. The number of hydrogen-bond donors (Lipinski definition) is 0. The van der Waals surface area contributed by atoms with E-state index < -0.39 is 0 Å². The predicted octanol–water partition coefficient (Wildman–Crippen LogP) is 2.97. The second kappa shape index (κ2) is 6.89. The molecule has 0 N–H and O–H groups in total. The van der Waals surface area contributed by atoms with Gasteiger partial charge in [0.15, 0.2) is 0 Å². The molecule has 1 unspecified atom stereocenters. The Bertz CT molecular complexity index is 774. The summed E-state index contributed by atoms with van der Waals surface area (Å²) < 4.78 is 5.35. The highest BCUT2D eigenvalue weighted by atomic mass is 16.5. The lowest BCUT2D eigenvalue weighted by Gasteiger charge is -2.33. The van der Waals surface area contributed by atoms with E-state index in [4.69, 9.17) is 4.74 Å². The van der Waals surface area contributed by atoms with Crippen LogP contribution in [0.5, 0.6) is 5.75 Å². The number of nitrogens with zero attached hydrogens (tertiary/aromatic N) is 2. The first-order chi connectivity index (χ1) is 12.3. The molecule has 4 nitrogen and oxygen atoms in total. The van der Waals surface area contributed by atoms with Crippen molar-refractivity contribution in [3.63, 3.8) is 0 Å². The highest BCUT2D eigenvalue weighted by molar-refractivity contribution is 5.97. The lowest BCUT2D eigenvalue weighted by Crippen LogP contribution is -2.41. The maximum absolute atomic E-state index is 12.9. The molecule has 2 aromatic rings. The topological polar surface area (TPSA) is 32.8 Å². The van der Waals surface area contributed by atoms with Crippen LogP contribution in [0.4, 0.5) is 0 Å². The van der Waals surface area contributed by atoms with Gasteiger partial charge in [0.25, 0.3) is 5.91 Å².